The lowest BCUT2D eigenvalue weighted by molar-refractivity contribution is -0.110. The average molecular weight is 251 g/mol. The first-order chi connectivity index (χ1) is 8.33. The lowest BCUT2D eigenvalue weighted by Crippen LogP contribution is -2.65. The Bertz CT molecular complexity index is 478. The monoisotopic (exact) mass is 251 g/mol. The highest BCUT2D eigenvalue weighted by Gasteiger charge is 2.46. The van der Waals surface area contributed by atoms with Crippen LogP contribution >= 0.6 is 0 Å². The molecule has 3 N–H and O–H groups in total. The van der Waals surface area contributed by atoms with Crippen LogP contribution in [0.5, 0.6) is 11.5 Å². The zero-order valence-electron chi connectivity index (χ0n) is 10.4. The smallest absolute Gasteiger partial charge is 0.257 e. The highest BCUT2D eigenvalue weighted by Crippen LogP contribution is 2.32. The Balaban J connectivity index is 2.13. The van der Waals surface area contributed by atoms with Crippen LogP contribution in [0, 0.1) is 5.92 Å². The Morgan fingerprint density at radius 1 is 1.33 bits per heavy atom. The summed E-state index contributed by atoms with van der Waals surface area (Å²) in [6, 6.07) is 3.81. The van der Waals surface area contributed by atoms with Crippen LogP contribution in [0.1, 0.15) is 24.2 Å². The second-order valence-electron chi connectivity index (χ2n) is 5.12. The molecule has 1 fully saturated rings. The van der Waals surface area contributed by atoms with Crippen LogP contribution in [-0.2, 0) is 0 Å². The van der Waals surface area contributed by atoms with Gasteiger partial charge in [-0.3, -0.25) is 4.79 Å². The molecule has 5 heteroatoms. The molecule has 0 bridgehead atoms. The quantitative estimate of drug-likeness (QED) is 0.683. The molecule has 0 aliphatic carbocycles. The molecule has 1 aromatic rings. The third-order valence-corrected chi connectivity index (χ3v) is 3.50. The maximum absolute atomic E-state index is 12.1. The summed E-state index contributed by atoms with van der Waals surface area (Å²) in [7, 11) is 0. The van der Waals surface area contributed by atoms with E-state index in [9.17, 15) is 20.1 Å². The molecule has 1 heterocycles. The number of hydrogen-bond donors (Lipinski definition) is 3. The number of aliphatic hydroxyl groups is 1. The molecule has 0 aromatic heterocycles. The molecular formula is C13H17NO4. The molecular weight excluding hydrogens is 234 g/mol. The molecule has 0 atom stereocenters. The maximum atomic E-state index is 12.1. The second kappa shape index (κ2) is 4.17. The third-order valence-electron chi connectivity index (χ3n) is 3.50. The van der Waals surface area contributed by atoms with Crippen molar-refractivity contribution in [3.05, 3.63) is 23.8 Å². The van der Waals surface area contributed by atoms with Crippen molar-refractivity contribution in [2.24, 2.45) is 5.92 Å². The largest absolute Gasteiger partial charge is 0.508 e. The van der Waals surface area contributed by atoms with Crippen LogP contribution < -0.4 is 0 Å². The van der Waals surface area contributed by atoms with Crippen LogP contribution in [-0.4, -0.2) is 44.8 Å². The van der Waals surface area contributed by atoms with E-state index in [0.29, 0.717) is 0 Å². The summed E-state index contributed by atoms with van der Waals surface area (Å²) in [4.78, 5) is 13.5. The Morgan fingerprint density at radius 3 is 2.50 bits per heavy atom. The lowest BCUT2D eigenvalue weighted by atomic mass is 9.82. The Labute approximate surface area is 105 Å². The summed E-state index contributed by atoms with van der Waals surface area (Å²) < 4.78 is 0. The fourth-order valence-electron chi connectivity index (χ4n) is 1.99. The molecule has 1 saturated heterocycles. The predicted octanol–water partition coefficient (Wildman–Crippen LogP) is 0.941. The van der Waals surface area contributed by atoms with E-state index in [1.54, 1.807) is 0 Å². The number of aromatic hydroxyl groups is 2. The minimum absolute atomic E-state index is 0.0563. The summed E-state index contributed by atoms with van der Waals surface area (Å²) in [5, 5.41) is 29.0. The van der Waals surface area contributed by atoms with Gasteiger partial charge in [0, 0.05) is 0 Å². The Kier molecular flexibility index (Phi) is 2.94. The number of amides is 1. The van der Waals surface area contributed by atoms with E-state index < -0.39 is 5.60 Å². The predicted molar refractivity (Wildman–Crippen MR) is 65.5 cm³/mol. The van der Waals surface area contributed by atoms with Gasteiger partial charge < -0.3 is 20.2 Å². The standard InChI is InChI=1S/C13H17NO4/c1-8(2)13(18)6-14(7-13)12(17)10-5-9(15)3-4-11(10)16/h3-5,8,15-16,18H,6-7H2,1-2H3. The van der Waals surface area contributed by atoms with Gasteiger partial charge >= 0.3 is 0 Å². The van der Waals surface area contributed by atoms with Crippen molar-refractivity contribution in [3.8, 4) is 11.5 Å². The van der Waals surface area contributed by atoms with Crippen molar-refractivity contribution < 1.29 is 20.1 Å². The topological polar surface area (TPSA) is 81.0 Å². The summed E-state index contributed by atoms with van der Waals surface area (Å²) in [5.41, 5.74) is -0.789. The first-order valence-electron chi connectivity index (χ1n) is 5.87. The van der Waals surface area contributed by atoms with Crippen molar-refractivity contribution in [3.63, 3.8) is 0 Å². The molecule has 0 spiro atoms. The Morgan fingerprint density at radius 2 is 1.94 bits per heavy atom. The fraction of sp³-hybridized carbons (Fsp3) is 0.462. The number of β-amino-alcohol motifs (C(OH)–C–C–N with tert-alkyl or cyclic N) is 1. The molecule has 0 radical (unpaired) electrons. The van der Waals surface area contributed by atoms with E-state index in [-0.39, 0.29) is 42.0 Å². The SMILES string of the molecule is CC(C)C1(O)CN(C(=O)c2cc(O)ccc2O)C1. The molecule has 1 aromatic carbocycles. The Hall–Kier alpha value is -1.75. The van der Waals surface area contributed by atoms with E-state index in [1.807, 2.05) is 13.8 Å². The van der Waals surface area contributed by atoms with Crippen molar-refractivity contribution in [1.29, 1.82) is 0 Å². The zero-order valence-corrected chi connectivity index (χ0v) is 10.4. The van der Waals surface area contributed by atoms with Crippen LogP contribution in [0.4, 0.5) is 0 Å². The number of nitrogens with zero attached hydrogens (tertiary/aromatic N) is 1. The van der Waals surface area contributed by atoms with Crippen molar-refractivity contribution in [1.82, 2.24) is 4.90 Å². The van der Waals surface area contributed by atoms with Gasteiger partial charge in [0.1, 0.15) is 17.1 Å². The average Bonchev–Trinajstić information content (AvgIpc) is 2.27. The zero-order chi connectivity index (χ0) is 13.5. The van der Waals surface area contributed by atoms with Gasteiger partial charge in [-0.15, -0.1) is 0 Å². The minimum atomic E-state index is -0.845. The lowest BCUT2D eigenvalue weighted by Gasteiger charge is -2.49. The summed E-state index contributed by atoms with van der Waals surface area (Å²) >= 11 is 0. The van der Waals surface area contributed by atoms with Gasteiger partial charge in [0.05, 0.1) is 18.7 Å². The molecule has 18 heavy (non-hydrogen) atoms. The van der Waals surface area contributed by atoms with Gasteiger partial charge in [0.2, 0.25) is 0 Å². The molecule has 1 aliphatic rings. The van der Waals surface area contributed by atoms with Gasteiger partial charge in [-0.05, 0) is 24.1 Å². The number of likely N-dealkylation sites (tertiary alicyclic amines) is 1. The number of phenols is 2. The second-order valence-corrected chi connectivity index (χ2v) is 5.12. The first kappa shape index (κ1) is 12.7. The maximum Gasteiger partial charge on any atom is 0.257 e. The molecule has 0 unspecified atom stereocenters. The van der Waals surface area contributed by atoms with Crippen molar-refractivity contribution in [2.45, 2.75) is 19.4 Å². The fourth-order valence-corrected chi connectivity index (χ4v) is 1.99. The van der Waals surface area contributed by atoms with Crippen LogP contribution in [0.3, 0.4) is 0 Å². The van der Waals surface area contributed by atoms with E-state index in [0.717, 1.165) is 0 Å². The first-order valence-corrected chi connectivity index (χ1v) is 5.87. The normalized spacial score (nSPS) is 17.7. The van der Waals surface area contributed by atoms with Gasteiger partial charge in [-0.1, -0.05) is 13.8 Å². The van der Waals surface area contributed by atoms with Gasteiger partial charge in [-0.2, -0.15) is 0 Å². The summed E-state index contributed by atoms with van der Waals surface area (Å²) in [6.07, 6.45) is 0. The van der Waals surface area contributed by atoms with Gasteiger partial charge in [0.15, 0.2) is 0 Å². The summed E-state index contributed by atoms with van der Waals surface area (Å²) in [6.45, 7) is 4.29. The number of hydrogen-bond acceptors (Lipinski definition) is 4. The number of carbonyl (C=O) groups is 1. The molecule has 1 aliphatic heterocycles. The molecule has 98 valence electrons. The molecule has 5 nitrogen and oxygen atoms in total. The molecule has 1 amide bonds. The number of benzene rings is 1. The van der Waals surface area contributed by atoms with Crippen molar-refractivity contribution in [2.75, 3.05) is 13.1 Å². The highest BCUT2D eigenvalue weighted by atomic mass is 16.3. The number of phenolic OH excluding ortho intramolecular Hbond substituents is 2. The van der Waals surface area contributed by atoms with Gasteiger partial charge in [0.25, 0.3) is 5.91 Å². The minimum Gasteiger partial charge on any atom is -0.508 e. The highest BCUT2D eigenvalue weighted by molar-refractivity contribution is 5.97. The molecule has 2 rings (SSSR count). The van der Waals surface area contributed by atoms with E-state index in [2.05, 4.69) is 0 Å². The van der Waals surface area contributed by atoms with Crippen LogP contribution in [0.15, 0.2) is 18.2 Å². The van der Waals surface area contributed by atoms with Gasteiger partial charge in [-0.25, -0.2) is 0 Å². The van der Waals surface area contributed by atoms with E-state index >= 15 is 0 Å². The van der Waals surface area contributed by atoms with Crippen molar-refractivity contribution >= 4 is 5.91 Å². The third kappa shape index (κ3) is 2.01. The molecule has 0 saturated carbocycles. The van der Waals surface area contributed by atoms with E-state index in [4.69, 9.17) is 0 Å². The number of rotatable bonds is 2. The number of carbonyl (C=O) groups excluding carboxylic acids is 1. The van der Waals surface area contributed by atoms with E-state index in [1.165, 1.54) is 23.1 Å². The van der Waals surface area contributed by atoms with Crippen LogP contribution in [0.2, 0.25) is 0 Å². The summed E-state index contributed by atoms with van der Waals surface area (Å²) in [5.74, 6) is -0.554. The van der Waals surface area contributed by atoms with Crippen LogP contribution in [0.25, 0.3) is 0 Å².